The third-order valence-corrected chi connectivity index (χ3v) is 4.56. The molecule has 3 rings (SSSR count). The first kappa shape index (κ1) is 15.1. The third kappa shape index (κ3) is 3.02. The largest absolute Gasteiger partial charge is 0.466 e. The molecular formula is C18H24N2O2. The Morgan fingerprint density at radius 1 is 1.36 bits per heavy atom. The van der Waals surface area contributed by atoms with Gasteiger partial charge in [-0.2, -0.15) is 0 Å². The Morgan fingerprint density at radius 2 is 2.18 bits per heavy atom. The highest BCUT2D eigenvalue weighted by molar-refractivity contribution is 5.81. The Balaban J connectivity index is 1.71. The van der Waals surface area contributed by atoms with Gasteiger partial charge < -0.3 is 9.30 Å². The van der Waals surface area contributed by atoms with Crippen molar-refractivity contribution in [3.8, 4) is 0 Å². The normalized spacial score (nSPS) is 19.5. The summed E-state index contributed by atoms with van der Waals surface area (Å²) < 4.78 is 7.43. The topological polar surface area (TPSA) is 34.5 Å². The zero-order chi connectivity index (χ0) is 15.5. The lowest BCUT2D eigenvalue weighted by atomic mass is 9.98. The van der Waals surface area contributed by atoms with Crippen molar-refractivity contribution >= 4 is 16.9 Å². The van der Waals surface area contributed by atoms with Gasteiger partial charge in [-0.05, 0) is 43.8 Å². The van der Waals surface area contributed by atoms with E-state index in [1.54, 1.807) is 0 Å². The Kier molecular flexibility index (Phi) is 4.48. The number of para-hydroxylation sites is 1. The van der Waals surface area contributed by atoms with Crippen LogP contribution in [0, 0.1) is 5.92 Å². The molecule has 118 valence electrons. The Hall–Kier alpha value is -1.81. The summed E-state index contributed by atoms with van der Waals surface area (Å²) in [7, 11) is 2.12. The first-order valence-corrected chi connectivity index (χ1v) is 8.11. The van der Waals surface area contributed by atoms with E-state index in [-0.39, 0.29) is 11.9 Å². The zero-order valence-corrected chi connectivity index (χ0v) is 13.4. The highest BCUT2D eigenvalue weighted by atomic mass is 16.5. The van der Waals surface area contributed by atoms with Crippen LogP contribution in [0.5, 0.6) is 0 Å². The molecule has 22 heavy (non-hydrogen) atoms. The number of hydrogen-bond acceptors (Lipinski definition) is 3. The van der Waals surface area contributed by atoms with Crippen molar-refractivity contribution in [3.05, 3.63) is 36.0 Å². The molecule has 2 aromatic rings. The maximum absolute atomic E-state index is 11.9. The molecule has 0 amide bonds. The molecule has 0 saturated carbocycles. The number of rotatable bonds is 4. The van der Waals surface area contributed by atoms with Gasteiger partial charge >= 0.3 is 5.97 Å². The minimum Gasteiger partial charge on any atom is -0.466 e. The van der Waals surface area contributed by atoms with E-state index in [4.69, 9.17) is 4.74 Å². The van der Waals surface area contributed by atoms with Gasteiger partial charge in [0.05, 0.1) is 12.5 Å². The van der Waals surface area contributed by atoms with E-state index in [0.717, 1.165) is 32.5 Å². The Bertz CT molecular complexity index is 662. The van der Waals surface area contributed by atoms with Gasteiger partial charge in [0.15, 0.2) is 0 Å². The van der Waals surface area contributed by atoms with E-state index < -0.39 is 0 Å². The average molecular weight is 300 g/mol. The van der Waals surface area contributed by atoms with Crippen molar-refractivity contribution in [2.45, 2.75) is 26.3 Å². The fraction of sp³-hybridized carbons (Fsp3) is 0.500. The van der Waals surface area contributed by atoms with E-state index in [1.165, 1.54) is 16.6 Å². The van der Waals surface area contributed by atoms with Crippen molar-refractivity contribution in [2.75, 3.05) is 19.7 Å². The summed E-state index contributed by atoms with van der Waals surface area (Å²) in [6.07, 6.45) is 2.01. The van der Waals surface area contributed by atoms with Crippen LogP contribution in [-0.4, -0.2) is 35.1 Å². The molecule has 4 nitrogen and oxygen atoms in total. The highest BCUT2D eigenvalue weighted by Gasteiger charge is 2.27. The number of carbonyl (C=O) groups excluding carboxylic acids is 1. The van der Waals surface area contributed by atoms with Crippen LogP contribution >= 0.6 is 0 Å². The minimum atomic E-state index is -0.0377. The summed E-state index contributed by atoms with van der Waals surface area (Å²) in [5, 5.41) is 1.28. The fourth-order valence-electron chi connectivity index (χ4n) is 3.38. The molecule has 1 aliphatic rings. The van der Waals surface area contributed by atoms with Crippen LogP contribution in [0.4, 0.5) is 0 Å². The number of carbonyl (C=O) groups is 1. The standard InChI is InChI=1S/C18H24N2O2/c1-3-22-18(21)15-8-6-10-20(12-15)13-16-11-14-7-4-5-9-17(14)19(16)2/h4-5,7,9,11,15H,3,6,8,10,12-13H2,1-2H3. The van der Waals surface area contributed by atoms with E-state index in [2.05, 4.69) is 46.8 Å². The summed E-state index contributed by atoms with van der Waals surface area (Å²) in [5.74, 6) is -0.00683. The molecule has 4 heteroatoms. The van der Waals surface area contributed by atoms with Gasteiger partial charge in [-0.15, -0.1) is 0 Å². The number of esters is 1. The van der Waals surface area contributed by atoms with E-state index in [9.17, 15) is 4.79 Å². The number of aromatic nitrogens is 1. The van der Waals surface area contributed by atoms with Gasteiger partial charge in [-0.25, -0.2) is 0 Å². The molecule has 1 unspecified atom stereocenters. The monoisotopic (exact) mass is 300 g/mol. The van der Waals surface area contributed by atoms with Crippen LogP contribution in [0.15, 0.2) is 30.3 Å². The molecule has 1 aliphatic heterocycles. The van der Waals surface area contributed by atoms with Gasteiger partial charge in [0.1, 0.15) is 0 Å². The van der Waals surface area contributed by atoms with Gasteiger partial charge in [0.25, 0.3) is 0 Å². The smallest absolute Gasteiger partial charge is 0.310 e. The molecule has 0 spiro atoms. The van der Waals surface area contributed by atoms with E-state index in [1.807, 2.05) is 6.92 Å². The molecular weight excluding hydrogens is 276 g/mol. The summed E-state index contributed by atoms with van der Waals surface area (Å²) in [5.41, 5.74) is 2.56. The van der Waals surface area contributed by atoms with Gasteiger partial charge in [-0.1, -0.05) is 18.2 Å². The first-order chi connectivity index (χ1) is 10.7. The molecule has 1 aromatic heterocycles. The number of piperidine rings is 1. The molecule has 0 N–H and O–H groups in total. The summed E-state index contributed by atoms with van der Waals surface area (Å²) in [6.45, 7) is 5.09. The Labute approximate surface area is 131 Å². The second kappa shape index (κ2) is 6.53. The van der Waals surface area contributed by atoms with Crippen molar-refractivity contribution in [3.63, 3.8) is 0 Å². The predicted molar refractivity (Wildman–Crippen MR) is 87.6 cm³/mol. The number of fused-ring (bicyclic) bond motifs is 1. The molecule has 2 heterocycles. The number of hydrogen-bond donors (Lipinski definition) is 0. The molecule has 1 fully saturated rings. The van der Waals surface area contributed by atoms with Crippen LogP contribution in [-0.2, 0) is 23.1 Å². The Morgan fingerprint density at radius 3 is 2.95 bits per heavy atom. The van der Waals surface area contributed by atoms with Crippen molar-refractivity contribution in [2.24, 2.45) is 13.0 Å². The second-order valence-electron chi connectivity index (χ2n) is 6.08. The average Bonchev–Trinajstić information content (AvgIpc) is 2.84. The van der Waals surface area contributed by atoms with E-state index in [0.29, 0.717) is 6.61 Å². The summed E-state index contributed by atoms with van der Waals surface area (Å²) >= 11 is 0. The van der Waals surface area contributed by atoms with Crippen molar-refractivity contribution in [1.82, 2.24) is 9.47 Å². The lowest BCUT2D eigenvalue weighted by molar-refractivity contribution is -0.150. The number of nitrogens with zero attached hydrogens (tertiary/aromatic N) is 2. The third-order valence-electron chi connectivity index (χ3n) is 4.56. The first-order valence-electron chi connectivity index (χ1n) is 8.11. The van der Waals surface area contributed by atoms with Crippen LogP contribution in [0.25, 0.3) is 10.9 Å². The van der Waals surface area contributed by atoms with Gasteiger partial charge in [0, 0.05) is 31.3 Å². The molecule has 1 aromatic carbocycles. The SMILES string of the molecule is CCOC(=O)C1CCCN(Cc2cc3ccccc3n2C)C1. The maximum atomic E-state index is 11.9. The van der Waals surface area contributed by atoms with Crippen LogP contribution in [0.1, 0.15) is 25.5 Å². The molecule has 0 aliphatic carbocycles. The number of benzene rings is 1. The number of likely N-dealkylation sites (tertiary alicyclic amines) is 1. The van der Waals surface area contributed by atoms with Crippen LogP contribution < -0.4 is 0 Å². The number of aryl methyl sites for hydroxylation is 1. The molecule has 1 saturated heterocycles. The van der Waals surface area contributed by atoms with Gasteiger partial charge in [-0.3, -0.25) is 9.69 Å². The van der Waals surface area contributed by atoms with Crippen molar-refractivity contribution < 1.29 is 9.53 Å². The predicted octanol–water partition coefficient (Wildman–Crippen LogP) is 2.95. The lowest BCUT2D eigenvalue weighted by Gasteiger charge is -2.31. The van der Waals surface area contributed by atoms with Gasteiger partial charge in [0.2, 0.25) is 0 Å². The van der Waals surface area contributed by atoms with Crippen LogP contribution in [0.3, 0.4) is 0 Å². The molecule has 0 bridgehead atoms. The van der Waals surface area contributed by atoms with Crippen molar-refractivity contribution in [1.29, 1.82) is 0 Å². The fourth-order valence-corrected chi connectivity index (χ4v) is 3.38. The second-order valence-corrected chi connectivity index (χ2v) is 6.08. The number of ether oxygens (including phenoxy) is 1. The van der Waals surface area contributed by atoms with Crippen LogP contribution in [0.2, 0.25) is 0 Å². The lowest BCUT2D eigenvalue weighted by Crippen LogP contribution is -2.39. The molecule has 0 radical (unpaired) electrons. The maximum Gasteiger partial charge on any atom is 0.310 e. The zero-order valence-electron chi connectivity index (χ0n) is 13.4. The minimum absolute atomic E-state index is 0.0309. The summed E-state index contributed by atoms with van der Waals surface area (Å²) in [6, 6.07) is 10.7. The molecule has 1 atom stereocenters. The highest BCUT2D eigenvalue weighted by Crippen LogP contribution is 2.23. The quantitative estimate of drug-likeness (QED) is 0.814. The van der Waals surface area contributed by atoms with E-state index >= 15 is 0 Å². The summed E-state index contributed by atoms with van der Waals surface area (Å²) in [4.78, 5) is 14.3.